The average molecular weight is 473 g/mol. The Morgan fingerprint density at radius 1 is 1.09 bits per heavy atom. The molecule has 166 valence electrons. The Hall–Kier alpha value is -3.37. The molecular weight excluding hydrogens is 452 g/mol. The van der Waals surface area contributed by atoms with Crippen molar-refractivity contribution in [3.05, 3.63) is 64.6 Å². The highest BCUT2D eigenvalue weighted by molar-refractivity contribution is 8.26. The predicted molar refractivity (Wildman–Crippen MR) is 124 cm³/mol. The summed E-state index contributed by atoms with van der Waals surface area (Å²) in [4.78, 5) is 36.9. The second kappa shape index (κ2) is 10.8. The molecule has 1 fully saturated rings. The van der Waals surface area contributed by atoms with Gasteiger partial charge in [0.15, 0.2) is 10.9 Å². The van der Waals surface area contributed by atoms with Crippen LogP contribution in [0.4, 0.5) is 0 Å². The molecule has 1 saturated heterocycles. The van der Waals surface area contributed by atoms with E-state index in [0.717, 1.165) is 22.3 Å². The number of rotatable bonds is 8. The summed E-state index contributed by atoms with van der Waals surface area (Å²) in [7, 11) is 1.53. The van der Waals surface area contributed by atoms with E-state index in [9.17, 15) is 14.4 Å². The molecule has 2 amide bonds. The Morgan fingerprint density at radius 3 is 2.38 bits per heavy atom. The molecule has 0 atom stereocenters. The molecule has 0 radical (unpaired) electrons. The van der Waals surface area contributed by atoms with E-state index in [0.29, 0.717) is 28.6 Å². The van der Waals surface area contributed by atoms with Gasteiger partial charge >= 0.3 is 5.97 Å². The number of hydrazine groups is 1. The lowest BCUT2D eigenvalue weighted by Crippen LogP contribution is -2.44. The van der Waals surface area contributed by atoms with Gasteiger partial charge < -0.3 is 14.2 Å². The average Bonchev–Trinajstić information content (AvgIpc) is 3.06. The van der Waals surface area contributed by atoms with Crippen molar-refractivity contribution < 1.29 is 28.6 Å². The molecule has 1 N–H and O–H groups in total. The van der Waals surface area contributed by atoms with Crippen LogP contribution in [0, 0.1) is 0 Å². The molecule has 0 unspecified atom stereocenters. The third kappa shape index (κ3) is 5.86. The van der Waals surface area contributed by atoms with E-state index in [4.69, 9.17) is 26.4 Å². The van der Waals surface area contributed by atoms with Gasteiger partial charge in [-0.15, -0.1) is 0 Å². The Balaban J connectivity index is 1.63. The van der Waals surface area contributed by atoms with Gasteiger partial charge in [0, 0.05) is 5.56 Å². The lowest BCUT2D eigenvalue weighted by Gasteiger charge is -2.15. The summed E-state index contributed by atoms with van der Waals surface area (Å²) in [5, 5.41) is 1.05. The van der Waals surface area contributed by atoms with Crippen LogP contribution in [0.25, 0.3) is 6.08 Å². The topological polar surface area (TPSA) is 94.2 Å². The molecule has 0 bridgehead atoms. The number of hydrogen-bond acceptors (Lipinski definition) is 8. The van der Waals surface area contributed by atoms with Crippen molar-refractivity contribution in [2.75, 3.05) is 20.3 Å². The zero-order chi connectivity index (χ0) is 23.1. The van der Waals surface area contributed by atoms with Crippen LogP contribution in [0.15, 0.2) is 53.4 Å². The number of amides is 2. The van der Waals surface area contributed by atoms with Crippen molar-refractivity contribution >= 4 is 52.2 Å². The molecule has 1 heterocycles. The zero-order valence-corrected chi connectivity index (χ0v) is 19.0. The molecule has 2 aromatic rings. The van der Waals surface area contributed by atoms with E-state index in [1.165, 1.54) is 7.11 Å². The van der Waals surface area contributed by atoms with Crippen LogP contribution < -0.4 is 14.9 Å². The molecular formula is C22H20N2O6S2. The van der Waals surface area contributed by atoms with Crippen molar-refractivity contribution in [1.29, 1.82) is 0 Å². The molecule has 3 rings (SSSR count). The summed E-state index contributed by atoms with van der Waals surface area (Å²) in [6.45, 7) is 1.83. The lowest BCUT2D eigenvalue weighted by molar-refractivity contribution is -0.145. The third-order valence-corrected chi connectivity index (χ3v) is 5.50. The Bertz CT molecular complexity index is 1050. The largest absolute Gasteiger partial charge is 0.497 e. The first-order valence-corrected chi connectivity index (χ1v) is 10.7. The third-order valence-electron chi connectivity index (χ3n) is 4.20. The highest BCUT2D eigenvalue weighted by Gasteiger charge is 2.33. The number of carbonyl (C=O) groups excluding carboxylic acids is 3. The van der Waals surface area contributed by atoms with E-state index < -0.39 is 17.8 Å². The first-order valence-electron chi connectivity index (χ1n) is 9.52. The molecule has 2 aromatic carbocycles. The Labute approximate surface area is 194 Å². The monoisotopic (exact) mass is 472 g/mol. The van der Waals surface area contributed by atoms with Gasteiger partial charge in [-0.1, -0.05) is 23.9 Å². The summed E-state index contributed by atoms with van der Waals surface area (Å²) in [6.07, 6.45) is 1.66. The first kappa shape index (κ1) is 23.3. The molecule has 0 saturated carbocycles. The number of thiocarbonyl (C=S) groups is 1. The molecule has 0 aliphatic carbocycles. The minimum Gasteiger partial charge on any atom is -0.497 e. The van der Waals surface area contributed by atoms with Crippen LogP contribution in [-0.4, -0.2) is 47.4 Å². The van der Waals surface area contributed by atoms with Crippen molar-refractivity contribution in [2.45, 2.75) is 6.92 Å². The normalized spacial score (nSPS) is 14.4. The predicted octanol–water partition coefficient (Wildman–Crippen LogP) is 3.18. The molecule has 32 heavy (non-hydrogen) atoms. The number of nitrogens with zero attached hydrogens (tertiary/aromatic N) is 1. The molecule has 0 spiro atoms. The minimum absolute atomic E-state index is 0.181. The smallest absolute Gasteiger partial charge is 0.344 e. The Morgan fingerprint density at radius 2 is 1.75 bits per heavy atom. The maximum Gasteiger partial charge on any atom is 0.344 e. The van der Waals surface area contributed by atoms with E-state index in [2.05, 4.69) is 5.43 Å². The second-order valence-electron chi connectivity index (χ2n) is 6.35. The molecule has 10 heteroatoms. The second-order valence-corrected chi connectivity index (χ2v) is 8.03. The molecule has 0 aromatic heterocycles. The quantitative estimate of drug-likeness (QED) is 0.356. The van der Waals surface area contributed by atoms with E-state index in [1.54, 1.807) is 61.5 Å². The summed E-state index contributed by atoms with van der Waals surface area (Å²) < 4.78 is 15.4. The van der Waals surface area contributed by atoms with E-state index >= 15 is 0 Å². The number of benzene rings is 2. The summed E-state index contributed by atoms with van der Waals surface area (Å²) >= 11 is 6.33. The summed E-state index contributed by atoms with van der Waals surface area (Å²) in [5.41, 5.74) is 3.63. The van der Waals surface area contributed by atoms with Gasteiger partial charge in [-0.3, -0.25) is 15.0 Å². The standard InChI is InChI=1S/C22H20N2O6S2/c1-3-29-19(25)13-30-17-8-4-14(5-9-17)12-18-21(27)24(22(31)32-18)23-20(26)15-6-10-16(28-2)11-7-15/h4-12H,3,13H2,1-2H3,(H,23,26)/b18-12-. The van der Waals surface area contributed by atoms with Crippen LogP contribution in [0.2, 0.25) is 0 Å². The van der Waals surface area contributed by atoms with Crippen molar-refractivity contribution in [2.24, 2.45) is 0 Å². The van der Waals surface area contributed by atoms with Crippen LogP contribution in [0.1, 0.15) is 22.8 Å². The first-order chi connectivity index (χ1) is 15.4. The van der Waals surface area contributed by atoms with E-state index in [-0.39, 0.29) is 10.9 Å². The molecule has 1 aliphatic heterocycles. The van der Waals surface area contributed by atoms with Crippen molar-refractivity contribution in [3.63, 3.8) is 0 Å². The summed E-state index contributed by atoms with van der Waals surface area (Å²) in [6, 6.07) is 13.3. The molecule has 8 nitrogen and oxygen atoms in total. The number of esters is 1. The maximum atomic E-state index is 12.7. The SMILES string of the molecule is CCOC(=O)COc1ccc(/C=C2\SC(=S)N(NC(=O)c3ccc(OC)cc3)C2=O)cc1. The van der Waals surface area contributed by atoms with Gasteiger partial charge in [-0.05, 0) is 67.2 Å². The number of nitrogens with one attached hydrogen (secondary N) is 1. The van der Waals surface area contributed by atoms with Gasteiger partial charge in [0.25, 0.3) is 11.8 Å². The Kier molecular flexibility index (Phi) is 7.85. The van der Waals surface area contributed by atoms with Crippen molar-refractivity contribution in [1.82, 2.24) is 10.4 Å². The van der Waals surface area contributed by atoms with Gasteiger partial charge in [0.2, 0.25) is 0 Å². The van der Waals surface area contributed by atoms with Crippen LogP contribution in [-0.2, 0) is 14.3 Å². The van der Waals surface area contributed by atoms with Crippen LogP contribution in [0.3, 0.4) is 0 Å². The van der Waals surface area contributed by atoms with Gasteiger partial charge in [-0.25, -0.2) is 4.79 Å². The van der Waals surface area contributed by atoms with Gasteiger partial charge in [0.05, 0.1) is 18.6 Å². The summed E-state index contributed by atoms with van der Waals surface area (Å²) in [5.74, 6) is -0.225. The van der Waals surface area contributed by atoms with Crippen molar-refractivity contribution in [3.8, 4) is 11.5 Å². The van der Waals surface area contributed by atoms with Gasteiger partial charge in [0.1, 0.15) is 11.5 Å². The number of thioether (sulfide) groups is 1. The van der Waals surface area contributed by atoms with Crippen LogP contribution >= 0.6 is 24.0 Å². The number of methoxy groups -OCH3 is 1. The maximum absolute atomic E-state index is 12.7. The van der Waals surface area contributed by atoms with E-state index in [1.807, 2.05) is 0 Å². The zero-order valence-electron chi connectivity index (χ0n) is 17.3. The highest BCUT2D eigenvalue weighted by Crippen LogP contribution is 2.31. The highest BCUT2D eigenvalue weighted by atomic mass is 32.2. The van der Waals surface area contributed by atoms with Crippen LogP contribution in [0.5, 0.6) is 11.5 Å². The number of hydrogen-bond donors (Lipinski definition) is 1. The van der Waals surface area contributed by atoms with Gasteiger partial charge in [-0.2, -0.15) is 5.01 Å². The lowest BCUT2D eigenvalue weighted by atomic mass is 10.2. The fourth-order valence-corrected chi connectivity index (χ4v) is 3.81. The molecule has 1 aliphatic rings. The number of ether oxygens (including phenoxy) is 3. The fraction of sp³-hybridized carbons (Fsp3) is 0.182. The number of carbonyl (C=O) groups is 3. The minimum atomic E-state index is -0.465. The fourth-order valence-electron chi connectivity index (χ4n) is 2.63.